The van der Waals surface area contributed by atoms with Gasteiger partial charge in [-0.3, -0.25) is 0 Å². The van der Waals surface area contributed by atoms with Crippen molar-refractivity contribution in [1.29, 1.82) is 0 Å². The van der Waals surface area contributed by atoms with Crippen molar-refractivity contribution in [2.75, 3.05) is 19.6 Å². The first-order valence-electron chi connectivity index (χ1n) is 10.1. The topological polar surface area (TPSA) is 35.8 Å². The summed E-state index contributed by atoms with van der Waals surface area (Å²) in [5, 5.41) is 10.6. The van der Waals surface area contributed by atoms with Crippen molar-refractivity contribution in [2.24, 2.45) is 4.99 Å². The maximum absolute atomic E-state index is 13.5. The summed E-state index contributed by atoms with van der Waals surface area (Å²) >= 11 is 0. The standard InChI is InChI=1S/C22H28F6N2O/c1-4-7-10-17(21(23,24)25)18-13-16(14-20(29-18)22(26,27)28)19(31)15-30(11-8-5-2)12-9-6-3/h1,7,10,14,19,31H,5-6,8-9,11-13,15H2,2-3H3/b10-7-,18-17-. The first kappa shape index (κ1) is 27.0. The SMILES string of the molecule is C#C/C=C\C(=C1/CC(C(O)CN(CCCC)CCCC)=CC(C(F)(F)F)=N1)C(F)(F)F. The van der Waals surface area contributed by atoms with E-state index in [1.54, 1.807) is 0 Å². The largest absolute Gasteiger partial charge is 0.433 e. The van der Waals surface area contributed by atoms with Crippen molar-refractivity contribution < 1.29 is 31.4 Å². The molecule has 1 unspecified atom stereocenters. The van der Waals surface area contributed by atoms with Crippen molar-refractivity contribution in [2.45, 2.75) is 64.4 Å². The lowest BCUT2D eigenvalue weighted by molar-refractivity contribution is -0.0893. The van der Waals surface area contributed by atoms with E-state index >= 15 is 0 Å². The van der Waals surface area contributed by atoms with Crippen LogP contribution in [0.3, 0.4) is 0 Å². The van der Waals surface area contributed by atoms with Gasteiger partial charge in [-0.1, -0.05) is 32.6 Å². The van der Waals surface area contributed by atoms with Gasteiger partial charge in [0.1, 0.15) is 5.71 Å². The van der Waals surface area contributed by atoms with E-state index in [0.29, 0.717) is 25.2 Å². The van der Waals surface area contributed by atoms with Crippen molar-refractivity contribution in [3.8, 4) is 12.3 Å². The summed E-state index contributed by atoms with van der Waals surface area (Å²) in [4.78, 5) is 5.13. The number of terminal acetylenes is 1. The number of rotatable bonds is 10. The summed E-state index contributed by atoms with van der Waals surface area (Å²) < 4.78 is 80.4. The Morgan fingerprint density at radius 1 is 1.19 bits per heavy atom. The van der Waals surface area contributed by atoms with E-state index in [0.717, 1.165) is 31.8 Å². The molecule has 0 bridgehead atoms. The van der Waals surface area contributed by atoms with Crippen molar-refractivity contribution >= 4 is 5.71 Å². The Morgan fingerprint density at radius 2 is 1.77 bits per heavy atom. The van der Waals surface area contributed by atoms with E-state index < -0.39 is 41.9 Å². The number of allylic oxidation sites excluding steroid dienone is 5. The fourth-order valence-electron chi connectivity index (χ4n) is 3.06. The van der Waals surface area contributed by atoms with Gasteiger partial charge in [-0.05, 0) is 49.7 Å². The van der Waals surface area contributed by atoms with Crippen LogP contribution in [0.25, 0.3) is 0 Å². The molecule has 0 amide bonds. The summed E-state index contributed by atoms with van der Waals surface area (Å²) in [6.07, 6.45) is -1.48. The number of aliphatic hydroxyl groups excluding tert-OH is 1. The van der Waals surface area contributed by atoms with Crippen molar-refractivity contribution in [1.82, 2.24) is 4.90 Å². The highest BCUT2D eigenvalue weighted by Crippen LogP contribution is 2.36. The Hall–Kier alpha value is -2.05. The van der Waals surface area contributed by atoms with Gasteiger partial charge in [-0.2, -0.15) is 26.3 Å². The maximum Gasteiger partial charge on any atom is 0.433 e. The molecule has 9 heteroatoms. The zero-order valence-electron chi connectivity index (χ0n) is 17.7. The molecule has 0 saturated carbocycles. The monoisotopic (exact) mass is 450 g/mol. The fraction of sp³-hybridized carbons (Fsp3) is 0.591. The summed E-state index contributed by atoms with van der Waals surface area (Å²) in [7, 11) is 0. The van der Waals surface area contributed by atoms with Crippen molar-refractivity contribution in [3.05, 3.63) is 35.1 Å². The fourth-order valence-corrected chi connectivity index (χ4v) is 3.06. The van der Waals surface area contributed by atoms with Gasteiger partial charge in [0.15, 0.2) is 0 Å². The second kappa shape index (κ2) is 12.1. The molecule has 174 valence electrons. The molecular formula is C22H28F6N2O. The normalized spacial score (nSPS) is 18.1. The van der Waals surface area contributed by atoms with Gasteiger partial charge in [0.2, 0.25) is 0 Å². The molecule has 1 aliphatic heterocycles. The summed E-state index contributed by atoms with van der Waals surface area (Å²) in [5.41, 5.74) is -3.83. The van der Waals surface area contributed by atoms with Crippen LogP contribution in [0, 0.1) is 12.3 Å². The molecule has 31 heavy (non-hydrogen) atoms. The van der Waals surface area contributed by atoms with Gasteiger partial charge in [0, 0.05) is 13.0 Å². The van der Waals surface area contributed by atoms with Gasteiger partial charge < -0.3 is 10.0 Å². The highest BCUT2D eigenvalue weighted by atomic mass is 19.4. The molecular weight excluding hydrogens is 422 g/mol. The van der Waals surface area contributed by atoms with Gasteiger partial charge in [0.25, 0.3) is 0 Å². The highest BCUT2D eigenvalue weighted by Gasteiger charge is 2.40. The number of alkyl halides is 6. The minimum Gasteiger partial charge on any atom is -0.387 e. The third-order valence-corrected chi connectivity index (χ3v) is 4.72. The van der Waals surface area contributed by atoms with E-state index in [2.05, 4.69) is 4.99 Å². The summed E-state index contributed by atoms with van der Waals surface area (Å²) in [6, 6.07) is 0. The Morgan fingerprint density at radius 3 is 2.23 bits per heavy atom. The first-order valence-corrected chi connectivity index (χ1v) is 10.1. The van der Waals surface area contributed by atoms with E-state index in [4.69, 9.17) is 6.42 Å². The van der Waals surface area contributed by atoms with E-state index in [1.807, 2.05) is 24.7 Å². The van der Waals surface area contributed by atoms with Gasteiger partial charge in [0.05, 0.1) is 17.4 Å². The Kier molecular flexibility index (Phi) is 10.5. The lowest BCUT2D eigenvalue weighted by Gasteiger charge is -2.28. The van der Waals surface area contributed by atoms with Crippen molar-refractivity contribution in [3.63, 3.8) is 0 Å². The molecule has 1 N–H and O–H groups in total. The average Bonchev–Trinajstić information content (AvgIpc) is 2.68. The number of unbranched alkanes of at least 4 members (excludes halogenated alkanes) is 2. The number of dihydropyridines is 1. The Bertz CT molecular complexity index is 745. The molecule has 1 rings (SSSR count). The van der Waals surface area contributed by atoms with Crippen LogP contribution in [0.5, 0.6) is 0 Å². The van der Waals surface area contributed by atoms with Crippen LogP contribution in [-0.4, -0.2) is 53.8 Å². The van der Waals surface area contributed by atoms with Gasteiger partial charge in [-0.15, -0.1) is 6.42 Å². The molecule has 0 aromatic heterocycles. The molecule has 0 saturated heterocycles. The van der Waals surface area contributed by atoms with Gasteiger partial charge >= 0.3 is 12.4 Å². The molecule has 0 aromatic rings. The molecule has 0 aliphatic carbocycles. The average molecular weight is 450 g/mol. The van der Waals surface area contributed by atoms with Crippen LogP contribution < -0.4 is 0 Å². The van der Waals surface area contributed by atoms with Crippen LogP contribution in [0.15, 0.2) is 40.1 Å². The molecule has 3 nitrogen and oxygen atoms in total. The van der Waals surface area contributed by atoms with Crippen LogP contribution in [0.4, 0.5) is 26.3 Å². The lowest BCUT2D eigenvalue weighted by atomic mass is 9.95. The first-order chi connectivity index (χ1) is 14.4. The number of aliphatic hydroxyl groups is 1. The minimum absolute atomic E-state index is 0.0335. The Balaban J connectivity index is 3.32. The summed E-state index contributed by atoms with van der Waals surface area (Å²) in [6.45, 7) is 5.30. The third-order valence-electron chi connectivity index (χ3n) is 4.72. The van der Waals surface area contributed by atoms with E-state index in [-0.39, 0.29) is 12.1 Å². The highest BCUT2D eigenvalue weighted by molar-refractivity contribution is 6.01. The maximum atomic E-state index is 13.5. The molecule has 1 heterocycles. The van der Waals surface area contributed by atoms with Gasteiger partial charge in [-0.25, -0.2) is 4.99 Å². The quantitative estimate of drug-likeness (QED) is 0.348. The smallest absolute Gasteiger partial charge is 0.387 e. The number of hydrogen-bond acceptors (Lipinski definition) is 3. The van der Waals surface area contributed by atoms with Crippen LogP contribution in [0.1, 0.15) is 46.0 Å². The number of halogens is 6. The van der Waals surface area contributed by atoms with Crippen LogP contribution in [0.2, 0.25) is 0 Å². The second-order valence-corrected chi connectivity index (χ2v) is 7.27. The second-order valence-electron chi connectivity index (χ2n) is 7.27. The predicted octanol–water partition coefficient (Wildman–Crippen LogP) is 5.59. The zero-order valence-corrected chi connectivity index (χ0v) is 17.7. The molecule has 1 aliphatic rings. The molecule has 0 aromatic carbocycles. The number of aliphatic imine (C=N–C) groups is 1. The summed E-state index contributed by atoms with van der Waals surface area (Å²) in [5.74, 6) is 1.89. The third kappa shape index (κ3) is 8.91. The molecule has 0 fully saturated rings. The van der Waals surface area contributed by atoms with E-state index in [1.165, 1.54) is 0 Å². The predicted molar refractivity (Wildman–Crippen MR) is 110 cm³/mol. The number of nitrogens with zero attached hydrogens (tertiary/aromatic N) is 2. The lowest BCUT2D eigenvalue weighted by Crippen LogP contribution is -2.36. The molecule has 0 radical (unpaired) electrons. The minimum atomic E-state index is -4.96. The Labute approximate surface area is 179 Å². The number of hydrogen-bond donors (Lipinski definition) is 1. The zero-order chi connectivity index (χ0) is 23.7. The van der Waals surface area contributed by atoms with E-state index in [9.17, 15) is 31.4 Å². The van der Waals surface area contributed by atoms with Crippen LogP contribution >= 0.6 is 0 Å². The molecule has 0 spiro atoms. The van der Waals surface area contributed by atoms with Crippen LogP contribution in [-0.2, 0) is 0 Å². The molecule has 1 atom stereocenters.